The monoisotopic (exact) mass is 277 g/mol. The second kappa shape index (κ2) is 5.03. The van der Waals surface area contributed by atoms with Gasteiger partial charge in [0.15, 0.2) is 5.60 Å². The molecule has 0 N–H and O–H groups in total. The fourth-order valence-electron chi connectivity index (χ4n) is 2.52. The van der Waals surface area contributed by atoms with Gasteiger partial charge < -0.3 is 18.5 Å². The summed E-state index contributed by atoms with van der Waals surface area (Å²) in [4.78, 5) is 0. The van der Waals surface area contributed by atoms with Crippen molar-refractivity contribution < 1.29 is 13.9 Å². The minimum Gasteiger partial charge on any atom is -0.417 e. The van der Waals surface area contributed by atoms with E-state index in [4.69, 9.17) is 13.9 Å². The Morgan fingerprint density at radius 3 is 2.90 bits per heavy atom. The number of hydrogen-bond donors (Lipinski definition) is 0. The third-order valence-electron chi connectivity index (χ3n) is 3.83. The predicted octanol–water partition coefficient (Wildman–Crippen LogP) is 2.04. The predicted molar refractivity (Wildman–Crippen MR) is 72.2 cm³/mol. The van der Waals surface area contributed by atoms with Crippen LogP contribution in [-0.4, -0.2) is 34.6 Å². The van der Waals surface area contributed by atoms with Gasteiger partial charge in [-0.2, -0.15) is 0 Å². The van der Waals surface area contributed by atoms with Crippen LogP contribution < -0.4 is 0 Å². The molecule has 108 valence electrons. The van der Waals surface area contributed by atoms with Crippen molar-refractivity contribution in [2.45, 2.75) is 25.9 Å². The minimum absolute atomic E-state index is 0.468. The molecule has 20 heavy (non-hydrogen) atoms. The fourth-order valence-corrected chi connectivity index (χ4v) is 2.52. The van der Waals surface area contributed by atoms with Crippen LogP contribution in [0.25, 0.3) is 11.5 Å². The first kappa shape index (κ1) is 13.3. The Bertz CT molecular complexity index is 597. The highest BCUT2D eigenvalue weighted by atomic mass is 16.6. The first-order valence-electron chi connectivity index (χ1n) is 6.84. The molecule has 0 amide bonds. The van der Waals surface area contributed by atoms with Crippen LogP contribution in [0.4, 0.5) is 0 Å². The van der Waals surface area contributed by atoms with Crippen LogP contribution in [0.15, 0.2) is 16.7 Å². The Labute approximate surface area is 117 Å². The third kappa shape index (κ3) is 2.05. The van der Waals surface area contributed by atoms with Gasteiger partial charge in [-0.15, -0.1) is 10.2 Å². The second-order valence-electron chi connectivity index (χ2n) is 5.07. The quantitative estimate of drug-likeness (QED) is 0.855. The maximum absolute atomic E-state index is 5.86. The molecule has 1 aliphatic heterocycles. The Balaban J connectivity index is 1.95. The maximum atomic E-state index is 5.86. The van der Waals surface area contributed by atoms with Gasteiger partial charge in [0.2, 0.25) is 5.89 Å². The van der Waals surface area contributed by atoms with E-state index in [9.17, 15) is 0 Å². The van der Waals surface area contributed by atoms with E-state index in [1.807, 2.05) is 37.7 Å². The molecule has 0 radical (unpaired) electrons. The average Bonchev–Trinajstić information content (AvgIpc) is 3.13. The molecule has 1 aliphatic rings. The lowest BCUT2D eigenvalue weighted by Gasteiger charge is -2.22. The summed E-state index contributed by atoms with van der Waals surface area (Å²) in [6.07, 6.45) is 2.72. The molecule has 6 nitrogen and oxygen atoms in total. The highest BCUT2D eigenvalue weighted by molar-refractivity contribution is 5.56. The Kier molecular flexibility index (Phi) is 3.35. The molecule has 0 spiro atoms. The molecule has 3 rings (SSSR count). The van der Waals surface area contributed by atoms with E-state index in [2.05, 4.69) is 10.2 Å². The van der Waals surface area contributed by atoms with E-state index in [1.165, 1.54) is 0 Å². The summed E-state index contributed by atoms with van der Waals surface area (Å²) in [7, 11) is 1.99. The Morgan fingerprint density at radius 1 is 1.45 bits per heavy atom. The van der Waals surface area contributed by atoms with Crippen molar-refractivity contribution in [2.24, 2.45) is 7.05 Å². The summed E-state index contributed by atoms with van der Waals surface area (Å²) in [5.74, 6) is 1.04. The number of rotatable bonds is 4. The van der Waals surface area contributed by atoms with Crippen LogP contribution in [0.2, 0.25) is 0 Å². The number of nitrogens with zero attached hydrogens (tertiary/aromatic N) is 3. The van der Waals surface area contributed by atoms with Crippen LogP contribution in [0.3, 0.4) is 0 Å². The SMILES string of the molecule is CCOC1(c2nnc(-c3ccn(C)c3C)o2)CCOC1. The molecule has 1 atom stereocenters. The zero-order chi connectivity index (χ0) is 14.2. The van der Waals surface area contributed by atoms with Crippen molar-refractivity contribution in [1.82, 2.24) is 14.8 Å². The van der Waals surface area contributed by atoms with Gasteiger partial charge in [0.05, 0.1) is 18.8 Å². The molecule has 0 aliphatic carbocycles. The lowest BCUT2D eigenvalue weighted by molar-refractivity contribution is -0.0657. The van der Waals surface area contributed by atoms with Crippen LogP contribution in [0.1, 0.15) is 24.9 Å². The van der Waals surface area contributed by atoms with Crippen molar-refractivity contribution in [3.8, 4) is 11.5 Å². The van der Waals surface area contributed by atoms with Crippen molar-refractivity contribution in [3.63, 3.8) is 0 Å². The molecule has 0 saturated carbocycles. The highest BCUT2D eigenvalue weighted by Gasteiger charge is 2.43. The molecule has 0 aromatic carbocycles. The first-order valence-corrected chi connectivity index (χ1v) is 6.84. The summed E-state index contributed by atoms with van der Waals surface area (Å²) in [5.41, 5.74) is 1.47. The van der Waals surface area contributed by atoms with E-state index >= 15 is 0 Å². The molecule has 1 fully saturated rings. The lowest BCUT2D eigenvalue weighted by atomic mass is 10.0. The average molecular weight is 277 g/mol. The van der Waals surface area contributed by atoms with Crippen molar-refractivity contribution >= 4 is 0 Å². The van der Waals surface area contributed by atoms with E-state index in [0.29, 0.717) is 31.6 Å². The molecule has 2 aromatic heterocycles. The zero-order valence-electron chi connectivity index (χ0n) is 12.0. The summed E-state index contributed by atoms with van der Waals surface area (Å²) in [5, 5.41) is 8.35. The van der Waals surface area contributed by atoms with Crippen LogP contribution in [0, 0.1) is 6.92 Å². The second-order valence-corrected chi connectivity index (χ2v) is 5.07. The van der Waals surface area contributed by atoms with Crippen LogP contribution in [0.5, 0.6) is 0 Å². The van der Waals surface area contributed by atoms with E-state index < -0.39 is 5.60 Å². The minimum atomic E-state index is -0.581. The van der Waals surface area contributed by atoms with E-state index in [-0.39, 0.29) is 0 Å². The largest absolute Gasteiger partial charge is 0.417 e. The molecule has 1 unspecified atom stereocenters. The highest BCUT2D eigenvalue weighted by Crippen LogP contribution is 2.35. The van der Waals surface area contributed by atoms with Crippen molar-refractivity contribution in [3.05, 3.63) is 23.8 Å². The molecular formula is C14H19N3O3. The zero-order valence-corrected chi connectivity index (χ0v) is 12.0. The number of aromatic nitrogens is 3. The molecule has 1 saturated heterocycles. The van der Waals surface area contributed by atoms with Gasteiger partial charge in [-0.3, -0.25) is 0 Å². The summed E-state index contributed by atoms with van der Waals surface area (Å²) < 4.78 is 19.2. The van der Waals surface area contributed by atoms with E-state index in [1.54, 1.807) is 0 Å². The number of hydrogen-bond acceptors (Lipinski definition) is 5. The summed E-state index contributed by atoms with van der Waals surface area (Å²) in [6, 6.07) is 1.98. The summed E-state index contributed by atoms with van der Waals surface area (Å²) in [6.45, 7) is 5.69. The van der Waals surface area contributed by atoms with Gasteiger partial charge in [-0.1, -0.05) is 0 Å². The molecule has 0 bridgehead atoms. The van der Waals surface area contributed by atoms with E-state index in [0.717, 1.165) is 17.7 Å². The standard InChI is InChI=1S/C14H19N3O3/c1-4-19-14(6-8-18-9-14)13-16-15-12(20-13)11-5-7-17(3)10(11)2/h5,7H,4,6,8-9H2,1-3H3. The Hall–Kier alpha value is -1.66. The molecular weight excluding hydrogens is 258 g/mol. The van der Waals surface area contributed by atoms with Gasteiger partial charge in [0, 0.05) is 32.0 Å². The van der Waals surface area contributed by atoms with Gasteiger partial charge in [-0.25, -0.2) is 0 Å². The van der Waals surface area contributed by atoms with Gasteiger partial charge >= 0.3 is 0 Å². The molecule has 3 heterocycles. The first-order chi connectivity index (χ1) is 9.66. The lowest BCUT2D eigenvalue weighted by Crippen LogP contribution is -2.30. The topological polar surface area (TPSA) is 62.3 Å². The van der Waals surface area contributed by atoms with Gasteiger partial charge in [0.1, 0.15) is 0 Å². The summed E-state index contributed by atoms with van der Waals surface area (Å²) >= 11 is 0. The smallest absolute Gasteiger partial charge is 0.251 e. The Morgan fingerprint density at radius 2 is 2.30 bits per heavy atom. The van der Waals surface area contributed by atoms with Gasteiger partial charge in [-0.05, 0) is 19.9 Å². The fraction of sp³-hybridized carbons (Fsp3) is 0.571. The van der Waals surface area contributed by atoms with Crippen molar-refractivity contribution in [1.29, 1.82) is 0 Å². The van der Waals surface area contributed by atoms with Gasteiger partial charge in [0.25, 0.3) is 5.89 Å². The normalized spacial score (nSPS) is 22.6. The molecule has 6 heteroatoms. The van der Waals surface area contributed by atoms with Crippen LogP contribution >= 0.6 is 0 Å². The number of ether oxygens (including phenoxy) is 2. The molecule has 2 aromatic rings. The van der Waals surface area contributed by atoms with Crippen LogP contribution in [-0.2, 0) is 22.1 Å². The third-order valence-corrected chi connectivity index (χ3v) is 3.83. The number of aryl methyl sites for hydroxylation is 1. The maximum Gasteiger partial charge on any atom is 0.251 e. The van der Waals surface area contributed by atoms with Crippen molar-refractivity contribution in [2.75, 3.05) is 19.8 Å².